The molecule has 1 fully saturated rings. The van der Waals surface area contributed by atoms with Crippen molar-refractivity contribution in [3.63, 3.8) is 0 Å². The van der Waals surface area contributed by atoms with Gasteiger partial charge in [0.05, 0.1) is 6.04 Å². The Morgan fingerprint density at radius 1 is 1.00 bits per heavy atom. The van der Waals surface area contributed by atoms with Gasteiger partial charge in [-0.2, -0.15) is 0 Å². The fraction of sp³-hybridized carbons (Fsp3) is 0.423. The van der Waals surface area contributed by atoms with E-state index in [1.807, 2.05) is 44.2 Å². The highest BCUT2D eigenvalue weighted by atomic mass is 16.2. The molecule has 1 heterocycles. The van der Waals surface area contributed by atoms with E-state index in [2.05, 4.69) is 36.6 Å². The molecule has 3 unspecified atom stereocenters. The van der Waals surface area contributed by atoms with Crippen LogP contribution in [0.1, 0.15) is 69.7 Å². The fourth-order valence-electron chi connectivity index (χ4n) is 4.07. The standard InChI is InChI=1S/C26H33N3O3/c1-6-18(4)19-12-14-20(15-13-19)23(17(2)3)27-22(30)16-29-24(31)26(5,28-25(29)32)21-10-8-7-9-11-21/h7-15,17-18,23H,6,16H2,1-5H3,(H,27,30)(H,28,32). The minimum absolute atomic E-state index is 0.145. The highest BCUT2D eigenvalue weighted by molar-refractivity contribution is 6.09. The Bertz CT molecular complexity index is 972. The smallest absolute Gasteiger partial charge is 0.325 e. The van der Waals surface area contributed by atoms with Gasteiger partial charge in [-0.3, -0.25) is 14.5 Å². The Morgan fingerprint density at radius 2 is 1.59 bits per heavy atom. The van der Waals surface area contributed by atoms with Gasteiger partial charge in [0.2, 0.25) is 5.91 Å². The Balaban J connectivity index is 1.72. The maximum Gasteiger partial charge on any atom is 0.325 e. The van der Waals surface area contributed by atoms with Crippen LogP contribution in [0.15, 0.2) is 54.6 Å². The molecular weight excluding hydrogens is 402 g/mol. The van der Waals surface area contributed by atoms with E-state index < -0.39 is 17.5 Å². The lowest BCUT2D eigenvalue weighted by Crippen LogP contribution is -2.44. The summed E-state index contributed by atoms with van der Waals surface area (Å²) in [7, 11) is 0. The predicted octanol–water partition coefficient (Wildman–Crippen LogP) is 4.48. The minimum Gasteiger partial charge on any atom is -0.347 e. The molecule has 2 aromatic carbocycles. The first kappa shape index (κ1) is 23.5. The molecule has 0 spiro atoms. The first-order valence-corrected chi connectivity index (χ1v) is 11.3. The normalized spacial score (nSPS) is 20.2. The lowest BCUT2D eigenvalue weighted by atomic mass is 9.92. The second-order valence-electron chi connectivity index (χ2n) is 9.08. The molecule has 32 heavy (non-hydrogen) atoms. The van der Waals surface area contributed by atoms with Crippen molar-refractivity contribution in [1.29, 1.82) is 0 Å². The molecule has 2 N–H and O–H groups in total. The Morgan fingerprint density at radius 3 is 2.16 bits per heavy atom. The van der Waals surface area contributed by atoms with Gasteiger partial charge in [-0.05, 0) is 41.9 Å². The van der Waals surface area contributed by atoms with E-state index in [1.165, 1.54) is 5.56 Å². The molecule has 0 saturated carbocycles. The second kappa shape index (κ2) is 9.55. The van der Waals surface area contributed by atoms with Crippen LogP contribution in [-0.4, -0.2) is 29.3 Å². The number of amides is 4. The molecule has 1 saturated heterocycles. The van der Waals surface area contributed by atoms with Crippen LogP contribution in [0.3, 0.4) is 0 Å². The molecule has 170 valence electrons. The lowest BCUT2D eigenvalue weighted by molar-refractivity contribution is -0.135. The zero-order valence-corrected chi connectivity index (χ0v) is 19.5. The molecule has 4 amide bonds. The fourth-order valence-corrected chi connectivity index (χ4v) is 4.07. The third kappa shape index (κ3) is 4.69. The van der Waals surface area contributed by atoms with Crippen LogP contribution >= 0.6 is 0 Å². The number of imide groups is 1. The highest BCUT2D eigenvalue weighted by Crippen LogP contribution is 2.29. The maximum atomic E-state index is 13.1. The van der Waals surface area contributed by atoms with Crippen LogP contribution in [0.2, 0.25) is 0 Å². The molecule has 3 atom stereocenters. The summed E-state index contributed by atoms with van der Waals surface area (Å²) < 4.78 is 0. The van der Waals surface area contributed by atoms with E-state index in [0.29, 0.717) is 11.5 Å². The molecule has 3 rings (SSSR count). The van der Waals surface area contributed by atoms with Crippen LogP contribution in [0, 0.1) is 5.92 Å². The van der Waals surface area contributed by atoms with Crippen molar-refractivity contribution in [1.82, 2.24) is 15.5 Å². The minimum atomic E-state index is -1.18. The SMILES string of the molecule is CCC(C)c1ccc(C(NC(=O)CN2C(=O)NC(C)(c3ccccc3)C2=O)C(C)C)cc1. The molecule has 0 aromatic heterocycles. The highest BCUT2D eigenvalue weighted by Gasteiger charge is 2.49. The van der Waals surface area contributed by atoms with Crippen LogP contribution < -0.4 is 10.6 Å². The van der Waals surface area contributed by atoms with E-state index in [9.17, 15) is 14.4 Å². The van der Waals surface area contributed by atoms with Crippen LogP contribution in [0.4, 0.5) is 4.79 Å². The van der Waals surface area contributed by atoms with Crippen LogP contribution in [0.5, 0.6) is 0 Å². The average Bonchev–Trinajstić information content (AvgIpc) is 3.01. The molecule has 0 bridgehead atoms. The maximum absolute atomic E-state index is 13.1. The molecule has 0 aliphatic carbocycles. The summed E-state index contributed by atoms with van der Waals surface area (Å²) in [6, 6.07) is 16.6. The summed E-state index contributed by atoms with van der Waals surface area (Å²) in [5.74, 6) is -0.167. The number of urea groups is 1. The van der Waals surface area contributed by atoms with Crippen molar-refractivity contribution in [3.8, 4) is 0 Å². The average molecular weight is 436 g/mol. The number of hydrogen-bond donors (Lipinski definition) is 2. The summed E-state index contributed by atoms with van der Waals surface area (Å²) in [6.07, 6.45) is 1.07. The van der Waals surface area contributed by atoms with Gasteiger partial charge in [0.25, 0.3) is 5.91 Å². The van der Waals surface area contributed by atoms with Gasteiger partial charge in [0.15, 0.2) is 0 Å². The number of carbonyl (C=O) groups excluding carboxylic acids is 3. The van der Waals surface area contributed by atoms with Crippen molar-refractivity contribution in [2.24, 2.45) is 5.92 Å². The first-order chi connectivity index (χ1) is 15.2. The van der Waals surface area contributed by atoms with E-state index in [-0.39, 0.29) is 24.4 Å². The summed E-state index contributed by atoms with van der Waals surface area (Å²) in [5.41, 5.74) is 1.78. The third-order valence-electron chi connectivity index (χ3n) is 6.39. The summed E-state index contributed by atoms with van der Waals surface area (Å²) in [6.45, 7) is 9.77. The molecular formula is C26H33N3O3. The molecule has 2 aromatic rings. The van der Waals surface area contributed by atoms with Crippen molar-refractivity contribution in [2.45, 2.75) is 58.5 Å². The molecule has 6 nitrogen and oxygen atoms in total. The van der Waals surface area contributed by atoms with Gasteiger partial charge in [0, 0.05) is 0 Å². The Kier molecular flexibility index (Phi) is 7.02. The Hall–Kier alpha value is -3.15. The number of rotatable bonds is 8. The third-order valence-corrected chi connectivity index (χ3v) is 6.39. The zero-order valence-electron chi connectivity index (χ0n) is 19.5. The summed E-state index contributed by atoms with van der Waals surface area (Å²) in [4.78, 5) is 39.5. The van der Waals surface area contributed by atoms with Gasteiger partial charge in [-0.1, -0.05) is 82.3 Å². The summed E-state index contributed by atoms with van der Waals surface area (Å²) in [5, 5.41) is 5.76. The summed E-state index contributed by atoms with van der Waals surface area (Å²) >= 11 is 0. The quantitative estimate of drug-likeness (QED) is 0.600. The topological polar surface area (TPSA) is 78.5 Å². The van der Waals surface area contributed by atoms with Gasteiger partial charge < -0.3 is 10.6 Å². The molecule has 0 radical (unpaired) electrons. The number of benzene rings is 2. The van der Waals surface area contributed by atoms with Crippen molar-refractivity contribution in [2.75, 3.05) is 6.54 Å². The van der Waals surface area contributed by atoms with Gasteiger partial charge >= 0.3 is 6.03 Å². The number of nitrogens with zero attached hydrogens (tertiary/aromatic N) is 1. The van der Waals surface area contributed by atoms with Crippen LogP contribution in [-0.2, 0) is 15.1 Å². The number of hydrogen-bond acceptors (Lipinski definition) is 3. The number of nitrogens with one attached hydrogen (secondary N) is 2. The van der Waals surface area contributed by atoms with Gasteiger partial charge in [-0.25, -0.2) is 4.79 Å². The largest absolute Gasteiger partial charge is 0.347 e. The van der Waals surface area contributed by atoms with Gasteiger partial charge in [-0.15, -0.1) is 0 Å². The van der Waals surface area contributed by atoms with Crippen molar-refractivity contribution >= 4 is 17.8 Å². The lowest BCUT2D eigenvalue weighted by Gasteiger charge is -2.25. The number of carbonyl (C=O) groups is 3. The molecule has 1 aliphatic rings. The van der Waals surface area contributed by atoms with E-state index >= 15 is 0 Å². The molecule has 1 aliphatic heterocycles. The van der Waals surface area contributed by atoms with Crippen molar-refractivity contribution < 1.29 is 14.4 Å². The van der Waals surface area contributed by atoms with Gasteiger partial charge in [0.1, 0.15) is 12.1 Å². The van der Waals surface area contributed by atoms with E-state index in [0.717, 1.165) is 16.9 Å². The predicted molar refractivity (Wildman–Crippen MR) is 125 cm³/mol. The second-order valence-corrected chi connectivity index (χ2v) is 9.08. The Labute approximate surface area is 190 Å². The van der Waals surface area contributed by atoms with Crippen molar-refractivity contribution in [3.05, 3.63) is 71.3 Å². The first-order valence-electron chi connectivity index (χ1n) is 11.3. The zero-order chi connectivity index (χ0) is 23.5. The van der Waals surface area contributed by atoms with E-state index in [4.69, 9.17) is 0 Å². The monoisotopic (exact) mass is 435 g/mol. The van der Waals surface area contributed by atoms with Crippen LogP contribution in [0.25, 0.3) is 0 Å². The molecule has 6 heteroatoms. The van der Waals surface area contributed by atoms with E-state index in [1.54, 1.807) is 19.1 Å².